The van der Waals surface area contributed by atoms with E-state index < -0.39 is 0 Å². The number of guanidine groups is 1. The number of morpholine rings is 1. The van der Waals surface area contributed by atoms with Crippen LogP contribution in [0.1, 0.15) is 29.7 Å². The van der Waals surface area contributed by atoms with Crippen LogP contribution in [0.2, 0.25) is 0 Å². The number of rotatable bonds is 4. The van der Waals surface area contributed by atoms with E-state index in [1.807, 2.05) is 7.05 Å². The number of piperazine rings is 1. The Labute approximate surface area is 170 Å². The molecule has 2 saturated heterocycles. The number of hydrogen-bond acceptors (Lipinski definition) is 4. The van der Waals surface area contributed by atoms with E-state index in [9.17, 15) is 0 Å². The number of hydrogen-bond donors (Lipinski definition) is 1. The van der Waals surface area contributed by atoms with Gasteiger partial charge in [0.05, 0.1) is 13.2 Å². The Morgan fingerprint density at radius 2 is 1.96 bits per heavy atom. The largest absolute Gasteiger partial charge is 0.370 e. The van der Waals surface area contributed by atoms with Gasteiger partial charge in [0.15, 0.2) is 5.96 Å². The standard InChI is InChI=1S/C22H37N5O/c1-17-6-7-20(18(2)14-17)21-16-27(12-13-28-21)22(23-4)24-15-19(3)26-10-8-25(5)9-11-26/h6-7,14,19,21H,8-13,15-16H2,1-5H3,(H,23,24). The van der Waals surface area contributed by atoms with Crippen LogP contribution in [0.25, 0.3) is 0 Å². The summed E-state index contributed by atoms with van der Waals surface area (Å²) in [6.07, 6.45) is 0.1000. The summed E-state index contributed by atoms with van der Waals surface area (Å²) in [5.41, 5.74) is 3.89. The molecule has 28 heavy (non-hydrogen) atoms. The van der Waals surface area contributed by atoms with Crippen LogP contribution in [0.3, 0.4) is 0 Å². The summed E-state index contributed by atoms with van der Waals surface area (Å²) in [6, 6.07) is 7.13. The zero-order valence-corrected chi connectivity index (χ0v) is 18.2. The lowest BCUT2D eigenvalue weighted by atomic mass is 10.00. The summed E-state index contributed by atoms with van der Waals surface area (Å²) < 4.78 is 6.10. The van der Waals surface area contributed by atoms with Crippen molar-refractivity contribution in [2.24, 2.45) is 4.99 Å². The molecule has 0 saturated carbocycles. The average Bonchev–Trinajstić information content (AvgIpc) is 2.69. The molecule has 0 bridgehead atoms. The minimum Gasteiger partial charge on any atom is -0.370 e. The number of nitrogens with one attached hydrogen (secondary N) is 1. The van der Waals surface area contributed by atoms with E-state index in [2.05, 4.69) is 71.0 Å². The molecule has 2 atom stereocenters. The maximum atomic E-state index is 6.10. The minimum absolute atomic E-state index is 0.1000. The van der Waals surface area contributed by atoms with Crippen LogP contribution < -0.4 is 5.32 Å². The number of benzene rings is 1. The van der Waals surface area contributed by atoms with E-state index >= 15 is 0 Å². The molecule has 2 heterocycles. The second kappa shape index (κ2) is 9.72. The Kier molecular flexibility index (Phi) is 7.32. The molecule has 0 aromatic heterocycles. The summed E-state index contributed by atoms with van der Waals surface area (Å²) in [6.45, 7) is 14.6. The van der Waals surface area contributed by atoms with Crippen LogP contribution in [-0.2, 0) is 4.74 Å². The van der Waals surface area contributed by atoms with Gasteiger partial charge in [-0.05, 0) is 38.9 Å². The molecule has 2 unspecified atom stereocenters. The topological polar surface area (TPSA) is 43.3 Å². The van der Waals surface area contributed by atoms with Crippen LogP contribution in [0.5, 0.6) is 0 Å². The van der Waals surface area contributed by atoms with Gasteiger partial charge < -0.3 is 19.9 Å². The zero-order valence-electron chi connectivity index (χ0n) is 18.2. The van der Waals surface area contributed by atoms with E-state index in [1.165, 1.54) is 16.7 Å². The molecule has 0 radical (unpaired) electrons. The molecule has 6 nitrogen and oxygen atoms in total. The zero-order chi connectivity index (χ0) is 20.1. The third kappa shape index (κ3) is 5.25. The predicted molar refractivity (Wildman–Crippen MR) is 116 cm³/mol. The molecule has 0 aliphatic carbocycles. The molecular weight excluding hydrogens is 350 g/mol. The molecule has 6 heteroatoms. The number of aryl methyl sites for hydroxylation is 2. The molecule has 156 valence electrons. The lowest BCUT2D eigenvalue weighted by Gasteiger charge is -2.38. The summed E-state index contributed by atoms with van der Waals surface area (Å²) in [5.74, 6) is 0.985. The maximum Gasteiger partial charge on any atom is 0.193 e. The van der Waals surface area contributed by atoms with E-state index in [0.29, 0.717) is 6.04 Å². The van der Waals surface area contributed by atoms with Gasteiger partial charge in [0.2, 0.25) is 0 Å². The first-order valence-electron chi connectivity index (χ1n) is 10.5. The number of likely N-dealkylation sites (N-methyl/N-ethyl adjacent to an activating group) is 1. The van der Waals surface area contributed by atoms with Gasteiger partial charge in [0.25, 0.3) is 0 Å². The van der Waals surface area contributed by atoms with Gasteiger partial charge in [0, 0.05) is 52.4 Å². The van der Waals surface area contributed by atoms with E-state index in [4.69, 9.17) is 4.74 Å². The van der Waals surface area contributed by atoms with Crippen molar-refractivity contribution in [3.8, 4) is 0 Å². The highest BCUT2D eigenvalue weighted by Crippen LogP contribution is 2.25. The van der Waals surface area contributed by atoms with Gasteiger partial charge >= 0.3 is 0 Å². The highest BCUT2D eigenvalue weighted by Gasteiger charge is 2.26. The van der Waals surface area contributed by atoms with E-state index in [1.54, 1.807) is 0 Å². The first kappa shape index (κ1) is 21.1. The van der Waals surface area contributed by atoms with Crippen LogP contribution in [0.4, 0.5) is 0 Å². The molecule has 1 N–H and O–H groups in total. The van der Waals surface area contributed by atoms with Gasteiger partial charge in [0.1, 0.15) is 6.10 Å². The number of nitrogens with zero attached hydrogens (tertiary/aromatic N) is 4. The Bertz CT molecular complexity index is 669. The molecule has 1 aromatic rings. The van der Waals surface area contributed by atoms with Crippen LogP contribution >= 0.6 is 0 Å². The van der Waals surface area contributed by atoms with Crippen molar-refractivity contribution in [3.05, 3.63) is 34.9 Å². The van der Waals surface area contributed by atoms with Crippen LogP contribution in [0.15, 0.2) is 23.2 Å². The Balaban J connectivity index is 1.56. The van der Waals surface area contributed by atoms with Crippen LogP contribution in [0, 0.1) is 13.8 Å². The fraction of sp³-hybridized carbons (Fsp3) is 0.682. The summed E-state index contributed by atoms with van der Waals surface area (Å²) in [5, 5.41) is 3.61. The number of aliphatic imine (C=N–C) groups is 1. The van der Waals surface area contributed by atoms with Crippen molar-refractivity contribution in [1.29, 1.82) is 0 Å². The van der Waals surface area contributed by atoms with Gasteiger partial charge in [-0.1, -0.05) is 23.8 Å². The van der Waals surface area contributed by atoms with Crippen molar-refractivity contribution in [1.82, 2.24) is 20.0 Å². The van der Waals surface area contributed by atoms with Crippen molar-refractivity contribution >= 4 is 5.96 Å². The van der Waals surface area contributed by atoms with Crippen molar-refractivity contribution in [2.75, 3.05) is 66.5 Å². The second-order valence-corrected chi connectivity index (χ2v) is 8.28. The normalized spacial score (nSPS) is 23.7. The second-order valence-electron chi connectivity index (χ2n) is 8.28. The molecule has 1 aromatic carbocycles. The Morgan fingerprint density at radius 3 is 2.64 bits per heavy atom. The van der Waals surface area contributed by atoms with Gasteiger partial charge in [-0.15, -0.1) is 0 Å². The molecule has 0 spiro atoms. The molecule has 2 aliphatic heterocycles. The molecular formula is C22H37N5O. The lowest BCUT2D eigenvalue weighted by molar-refractivity contribution is -0.00845. The fourth-order valence-corrected chi connectivity index (χ4v) is 4.18. The molecule has 3 rings (SSSR count). The first-order valence-corrected chi connectivity index (χ1v) is 10.5. The summed E-state index contributed by atoms with van der Waals surface area (Å²) in [7, 11) is 4.08. The smallest absolute Gasteiger partial charge is 0.193 e. The molecule has 2 aliphatic rings. The summed E-state index contributed by atoms with van der Waals surface area (Å²) in [4.78, 5) is 11.9. The van der Waals surface area contributed by atoms with Crippen LogP contribution in [-0.4, -0.2) is 93.2 Å². The van der Waals surface area contributed by atoms with Crippen molar-refractivity contribution in [3.63, 3.8) is 0 Å². The Morgan fingerprint density at radius 1 is 1.21 bits per heavy atom. The number of ether oxygens (including phenoxy) is 1. The molecule has 0 amide bonds. The lowest BCUT2D eigenvalue weighted by Crippen LogP contribution is -2.54. The van der Waals surface area contributed by atoms with Gasteiger partial charge in [-0.2, -0.15) is 0 Å². The van der Waals surface area contributed by atoms with E-state index in [-0.39, 0.29) is 6.10 Å². The highest BCUT2D eigenvalue weighted by atomic mass is 16.5. The fourth-order valence-electron chi connectivity index (χ4n) is 4.18. The predicted octanol–water partition coefficient (Wildman–Crippen LogP) is 1.89. The van der Waals surface area contributed by atoms with Crippen molar-refractivity contribution < 1.29 is 4.74 Å². The van der Waals surface area contributed by atoms with Gasteiger partial charge in [-0.3, -0.25) is 9.89 Å². The molecule has 2 fully saturated rings. The summed E-state index contributed by atoms with van der Waals surface area (Å²) >= 11 is 0. The maximum absolute atomic E-state index is 6.10. The third-order valence-corrected chi connectivity index (χ3v) is 6.07. The SMILES string of the molecule is CN=C(NCC(C)N1CCN(C)CC1)N1CCOC(c2ccc(C)cc2C)C1. The van der Waals surface area contributed by atoms with E-state index in [0.717, 1.165) is 58.4 Å². The van der Waals surface area contributed by atoms with Gasteiger partial charge in [-0.25, -0.2) is 0 Å². The monoisotopic (exact) mass is 387 g/mol. The highest BCUT2D eigenvalue weighted by molar-refractivity contribution is 5.80. The third-order valence-electron chi connectivity index (χ3n) is 6.07. The minimum atomic E-state index is 0.1000. The van der Waals surface area contributed by atoms with Crippen molar-refractivity contribution in [2.45, 2.75) is 32.9 Å². The Hall–Kier alpha value is -1.63. The average molecular weight is 388 g/mol. The quantitative estimate of drug-likeness (QED) is 0.631. The first-order chi connectivity index (χ1) is 13.5.